The van der Waals surface area contributed by atoms with Crippen LogP contribution >= 0.6 is 11.8 Å². The quantitative estimate of drug-likeness (QED) is 0.453. The molecule has 0 spiro atoms. The molecule has 2 saturated heterocycles. The van der Waals surface area contributed by atoms with Crippen LogP contribution in [0.4, 0.5) is 5.69 Å². The van der Waals surface area contributed by atoms with Gasteiger partial charge in [-0.25, -0.2) is 0 Å². The molecule has 0 unspecified atom stereocenters. The molecule has 1 amide bonds. The number of hydrogen-bond donors (Lipinski definition) is 0. The lowest BCUT2D eigenvalue weighted by Crippen LogP contribution is -2.41. The second-order valence-electron chi connectivity index (χ2n) is 10.4. The molecular weight excluding hydrogens is 426 g/mol. The van der Waals surface area contributed by atoms with Crippen LogP contribution in [-0.2, 0) is 4.79 Å². The second kappa shape index (κ2) is 10.7. The Bertz CT molecular complexity index is 906. The Hall–Kier alpha value is -1.75. The summed E-state index contributed by atoms with van der Waals surface area (Å²) in [4.78, 5) is 24.2. The molecule has 0 atom stereocenters. The van der Waals surface area contributed by atoms with Crippen LogP contribution in [0, 0.1) is 6.92 Å². The predicted octanol–water partition coefficient (Wildman–Crippen LogP) is 6.92. The number of benzene rings is 1. The number of aliphatic imine (C=N–C) groups is 1. The molecule has 1 aromatic carbocycles. The molecule has 2 saturated carbocycles. The number of anilines is 1. The normalized spacial score (nSPS) is 26.0. The fourth-order valence-electron chi connectivity index (χ4n) is 5.92. The van der Waals surface area contributed by atoms with E-state index in [0.717, 1.165) is 41.6 Å². The van der Waals surface area contributed by atoms with Gasteiger partial charge in [-0.1, -0.05) is 44.6 Å². The van der Waals surface area contributed by atoms with Gasteiger partial charge in [0.15, 0.2) is 5.17 Å². The molecule has 2 heterocycles. The summed E-state index contributed by atoms with van der Waals surface area (Å²) in [5, 5.41) is 0.979. The van der Waals surface area contributed by atoms with Crippen molar-refractivity contribution in [2.24, 2.45) is 4.99 Å². The van der Waals surface area contributed by atoms with E-state index >= 15 is 0 Å². The summed E-state index contributed by atoms with van der Waals surface area (Å²) in [6, 6.07) is 7.48. The molecule has 0 bridgehead atoms. The molecule has 2 aliphatic carbocycles. The van der Waals surface area contributed by atoms with Gasteiger partial charge in [-0.2, -0.15) is 0 Å². The van der Waals surface area contributed by atoms with Gasteiger partial charge in [0.2, 0.25) is 0 Å². The van der Waals surface area contributed by atoms with Gasteiger partial charge in [0.05, 0.1) is 10.9 Å². The van der Waals surface area contributed by atoms with E-state index in [2.05, 4.69) is 41.0 Å². The minimum atomic E-state index is 0.181. The third kappa shape index (κ3) is 5.34. The van der Waals surface area contributed by atoms with Gasteiger partial charge in [0.25, 0.3) is 5.91 Å². The van der Waals surface area contributed by atoms with Gasteiger partial charge in [0.1, 0.15) is 0 Å². The van der Waals surface area contributed by atoms with Crippen LogP contribution in [0.1, 0.15) is 94.6 Å². The Morgan fingerprint density at radius 2 is 1.58 bits per heavy atom. The zero-order valence-electron chi connectivity index (χ0n) is 20.2. The maximum Gasteiger partial charge on any atom is 0.266 e. The molecule has 178 valence electrons. The van der Waals surface area contributed by atoms with Crippen molar-refractivity contribution < 1.29 is 4.79 Å². The number of carbonyl (C=O) groups excluding carboxylic acids is 1. The van der Waals surface area contributed by atoms with Gasteiger partial charge in [-0.15, -0.1) is 0 Å². The van der Waals surface area contributed by atoms with E-state index < -0.39 is 0 Å². The molecule has 0 radical (unpaired) electrons. The summed E-state index contributed by atoms with van der Waals surface area (Å²) >= 11 is 1.63. The summed E-state index contributed by atoms with van der Waals surface area (Å²) in [7, 11) is 0. The second-order valence-corrected chi connectivity index (χ2v) is 11.4. The van der Waals surface area contributed by atoms with Gasteiger partial charge in [-0.05, 0) is 93.0 Å². The average Bonchev–Trinajstić information content (AvgIpc) is 3.16. The highest BCUT2D eigenvalue weighted by molar-refractivity contribution is 8.18. The monoisotopic (exact) mass is 465 g/mol. The van der Waals surface area contributed by atoms with E-state index in [1.165, 1.54) is 81.9 Å². The van der Waals surface area contributed by atoms with Crippen molar-refractivity contribution >= 4 is 34.6 Å². The van der Waals surface area contributed by atoms with Gasteiger partial charge < -0.3 is 4.90 Å². The first-order valence-corrected chi connectivity index (χ1v) is 14.2. The first kappa shape index (κ1) is 23.0. The smallest absolute Gasteiger partial charge is 0.266 e. The Balaban J connectivity index is 1.40. The maximum absolute atomic E-state index is 13.6. The summed E-state index contributed by atoms with van der Waals surface area (Å²) in [5.41, 5.74) is 3.73. The minimum absolute atomic E-state index is 0.181. The third-order valence-electron chi connectivity index (χ3n) is 7.91. The molecule has 4 fully saturated rings. The lowest BCUT2D eigenvalue weighted by molar-refractivity contribution is -0.124. The Kier molecular flexibility index (Phi) is 7.44. The van der Waals surface area contributed by atoms with Crippen molar-refractivity contribution in [1.82, 2.24) is 4.90 Å². The van der Waals surface area contributed by atoms with Crippen molar-refractivity contribution in [3.63, 3.8) is 0 Å². The number of rotatable bonds is 4. The third-order valence-corrected chi connectivity index (χ3v) is 8.90. The first-order chi connectivity index (χ1) is 16.2. The van der Waals surface area contributed by atoms with Gasteiger partial charge in [-0.3, -0.25) is 14.7 Å². The molecule has 5 rings (SSSR count). The zero-order valence-corrected chi connectivity index (χ0v) is 21.0. The lowest BCUT2D eigenvalue weighted by Gasteiger charge is -2.31. The predicted molar refractivity (Wildman–Crippen MR) is 141 cm³/mol. The van der Waals surface area contributed by atoms with Crippen molar-refractivity contribution in [1.29, 1.82) is 0 Å². The van der Waals surface area contributed by atoms with E-state index in [-0.39, 0.29) is 5.91 Å². The van der Waals surface area contributed by atoms with Crippen LogP contribution in [0.25, 0.3) is 6.08 Å². The number of piperidine rings is 1. The van der Waals surface area contributed by atoms with Crippen LogP contribution in [0.15, 0.2) is 28.1 Å². The van der Waals surface area contributed by atoms with E-state index in [4.69, 9.17) is 4.99 Å². The SMILES string of the molecule is Cc1cc(N2CCCCC2)ccc1C=C1SC(=NC2CCCCC2)N(C2CCCCC2)C1=O. The topological polar surface area (TPSA) is 35.9 Å². The lowest BCUT2D eigenvalue weighted by atomic mass is 9.94. The summed E-state index contributed by atoms with van der Waals surface area (Å²) in [5.74, 6) is 0.181. The van der Waals surface area contributed by atoms with Crippen LogP contribution in [-0.4, -0.2) is 41.1 Å². The molecule has 4 nitrogen and oxygen atoms in total. The van der Waals surface area contributed by atoms with Crippen molar-refractivity contribution in [3.05, 3.63) is 34.2 Å². The van der Waals surface area contributed by atoms with Crippen molar-refractivity contribution in [2.75, 3.05) is 18.0 Å². The fraction of sp³-hybridized carbons (Fsp3) is 0.643. The highest BCUT2D eigenvalue weighted by Crippen LogP contribution is 2.39. The summed E-state index contributed by atoms with van der Waals surface area (Å²) in [6.45, 7) is 4.50. The fourth-order valence-corrected chi connectivity index (χ4v) is 7.02. The standard InChI is InChI=1S/C28H39N3OS/c1-21-19-25(30-17-9-4-10-18-30)16-15-22(21)20-26-27(32)31(24-13-7-3-8-14-24)28(33-26)29-23-11-5-2-6-12-23/h15-16,19-20,23-24H,2-14,17-18H2,1H3. The number of carbonyl (C=O) groups is 1. The summed E-state index contributed by atoms with van der Waals surface area (Å²) < 4.78 is 0. The van der Waals surface area contributed by atoms with E-state index in [0.29, 0.717) is 12.1 Å². The number of amides is 1. The molecule has 0 aromatic heterocycles. The number of nitrogens with zero attached hydrogens (tertiary/aromatic N) is 3. The van der Waals surface area contributed by atoms with Gasteiger partial charge >= 0.3 is 0 Å². The number of thioether (sulfide) groups is 1. The number of aryl methyl sites for hydroxylation is 1. The molecule has 2 aliphatic heterocycles. The molecule has 33 heavy (non-hydrogen) atoms. The molecule has 0 N–H and O–H groups in total. The largest absolute Gasteiger partial charge is 0.372 e. The molecular formula is C28H39N3OS. The average molecular weight is 466 g/mol. The summed E-state index contributed by atoms with van der Waals surface area (Å²) in [6.07, 6.45) is 18.3. The van der Waals surface area contributed by atoms with E-state index in [1.54, 1.807) is 11.8 Å². The van der Waals surface area contributed by atoms with Crippen LogP contribution in [0.5, 0.6) is 0 Å². The Labute approximate surface area is 203 Å². The maximum atomic E-state index is 13.6. The molecule has 1 aromatic rings. The van der Waals surface area contributed by atoms with Crippen molar-refractivity contribution in [2.45, 2.75) is 102 Å². The molecule has 4 aliphatic rings. The zero-order chi connectivity index (χ0) is 22.6. The number of amidine groups is 1. The Morgan fingerprint density at radius 3 is 2.27 bits per heavy atom. The highest BCUT2D eigenvalue weighted by atomic mass is 32.2. The van der Waals surface area contributed by atoms with Crippen LogP contribution in [0.2, 0.25) is 0 Å². The van der Waals surface area contributed by atoms with Gasteiger partial charge in [0, 0.05) is 24.8 Å². The van der Waals surface area contributed by atoms with E-state index in [1.807, 2.05) is 0 Å². The Morgan fingerprint density at radius 1 is 0.909 bits per heavy atom. The van der Waals surface area contributed by atoms with Crippen LogP contribution < -0.4 is 4.90 Å². The highest BCUT2D eigenvalue weighted by Gasteiger charge is 2.39. The van der Waals surface area contributed by atoms with Crippen LogP contribution in [0.3, 0.4) is 0 Å². The van der Waals surface area contributed by atoms with E-state index in [9.17, 15) is 4.79 Å². The number of hydrogen-bond acceptors (Lipinski definition) is 4. The first-order valence-electron chi connectivity index (χ1n) is 13.4. The molecule has 5 heteroatoms. The minimum Gasteiger partial charge on any atom is -0.372 e. The van der Waals surface area contributed by atoms with Crippen molar-refractivity contribution in [3.8, 4) is 0 Å².